The first-order valence-electron chi connectivity index (χ1n) is 10.9. The number of hydrogen-bond acceptors (Lipinski definition) is 4. The van der Waals surface area contributed by atoms with Crippen LogP contribution < -0.4 is 0 Å². The third-order valence-electron chi connectivity index (χ3n) is 5.95. The topological polar surface area (TPSA) is 46.6 Å². The maximum Gasteiger partial charge on any atom is 0.329 e. The highest BCUT2D eigenvalue weighted by atomic mass is 32.2. The Balaban J connectivity index is 1.80. The molecule has 0 aromatic heterocycles. The molecule has 1 aliphatic carbocycles. The average Bonchev–Trinajstić information content (AvgIpc) is 3.19. The van der Waals surface area contributed by atoms with E-state index in [1.807, 2.05) is 29.2 Å². The van der Waals surface area contributed by atoms with Crippen molar-refractivity contribution in [2.45, 2.75) is 76.6 Å². The molecule has 1 heterocycles. The van der Waals surface area contributed by atoms with Gasteiger partial charge in [0.15, 0.2) is 0 Å². The van der Waals surface area contributed by atoms with Gasteiger partial charge < -0.3 is 9.64 Å². The van der Waals surface area contributed by atoms with Gasteiger partial charge in [0.2, 0.25) is 0 Å². The fraction of sp³-hybridized carbons (Fsp3) is 0.652. The summed E-state index contributed by atoms with van der Waals surface area (Å²) in [5, 5.41) is 0.0855. The summed E-state index contributed by atoms with van der Waals surface area (Å²) >= 11 is 1.77. The zero-order valence-electron chi connectivity index (χ0n) is 17.2. The number of unbranched alkanes of at least 4 members (excludes halogenated alkanes) is 1. The molecule has 2 aliphatic rings. The minimum atomic E-state index is -0.466. The molecule has 1 saturated heterocycles. The molecule has 1 aromatic rings. The largest absolute Gasteiger partial charge is 0.464 e. The number of carbonyl (C=O) groups is 2. The van der Waals surface area contributed by atoms with Crippen LogP contribution in [0.3, 0.4) is 0 Å². The van der Waals surface area contributed by atoms with Crippen LogP contribution in [0.25, 0.3) is 0 Å². The second-order valence-electron chi connectivity index (χ2n) is 7.92. The Kier molecular flexibility index (Phi) is 7.83. The van der Waals surface area contributed by atoms with Crippen LogP contribution in [0.15, 0.2) is 24.3 Å². The Bertz CT molecular complexity index is 654. The molecule has 0 radical (unpaired) electrons. The van der Waals surface area contributed by atoms with Crippen LogP contribution in [0.2, 0.25) is 0 Å². The van der Waals surface area contributed by atoms with Crippen LogP contribution in [0, 0.1) is 5.92 Å². The van der Waals surface area contributed by atoms with Crippen molar-refractivity contribution in [1.82, 2.24) is 4.90 Å². The van der Waals surface area contributed by atoms with E-state index >= 15 is 0 Å². The monoisotopic (exact) mass is 403 g/mol. The molecule has 1 amide bonds. The lowest BCUT2D eigenvalue weighted by atomic mass is 9.88. The van der Waals surface area contributed by atoms with Crippen molar-refractivity contribution in [3.05, 3.63) is 35.4 Å². The van der Waals surface area contributed by atoms with E-state index in [1.165, 1.54) is 24.8 Å². The number of aryl methyl sites for hydroxylation is 1. The number of esters is 1. The van der Waals surface area contributed by atoms with Crippen molar-refractivity contribution in [3.8, 4) is 0 Å². The molecule has 0 N–H and O–H groups in total. The molecule has 4 nitrogen and oxygen atoms in total. The van der Waals surface area contributed by atoms with Crippen LogP contribution in [0.4, 0.5) is 0 Å². The molecule has 2 atom stereocenters. The van der Waals surface area contributed by atoms with Crippen LogP contribution in [0.5, 0.6) is 0 Å². The standard InChI is InChI=1S/C23H33NO3S/c1-3-5-15-27-23(26)20-16-28-22(19-9-7-6-8-10-19)24(20)21(25)18-13-11-17(4-2)12-14-18/h11-14,19-20,22H,3-10,15-16H2,1-2H3/t20-,22-/m0/s1. The molecule has 0 unspecified atom stereocenters. The molecular formula is C23H33NO3S. The second kappa shape index (κ2) is 10.3. The Hall–Kier alpha value is -1.49. The van der Waals surface area contributed by atoms with Crippen molar-refractivity contribution in [3.63, 3.8) is 0 Å². The van der Waals surface area contributed by atoms with Crippen LogP contribution in [-0.2, 0) is 16.0 Å². The van der Waals surface area contributed by atoms with E-state index in [2.05, 4.69) is 13.8 Å². The lowest BCUT2D eigenvalue weighted by Gasteiger charge is -2.35. The molecule has 1 aliphatic heterocycles. The molecule has 3 rings (SSSR count). The van der Waals surface area contributed by atoms with Crippen molar-refractivity contribution in [1.29, 1.82) is 0 Å². The number of thioether (sulfide) groups is 1. The summed E-state index contributed by atoms with van der Waals surface area (Å²) in [6.07, 6.45) is 8.82. The van der Waals surface area contributed by atoms with E-state index in [0.717, 1.165) is 32.1 Å². The molecule has 0 bridgehead atoms. The highest BCUT2D eigenvalue weighted by Crippen LogP contribution is 2.41. The average molecular weight is 404 g/mol. The smallest absolute Gasteiger partial charge is 0.329 e. The number of carbonyl (C=O) groups excluding carboxylic acids is 2. The molecule has 1 saturated carbocycles. The number of amides is 1. The predicted molar refractivity (Wildman–Crippen MR) is 114 cm³/mol. The van der Waals surface area contributed by atoms with E-state index in [9.17, 15) is 9.59 Å². The fourth-order valence-electron chi connectivity index (χ4n) is 4.19. The SMILES string of the molecule is CCCCOC(=O)[C@@H]1CS[C@@H](C2CCCCC2)N1C(=O)c1ccc(CC)cc1. The van der Waals surface area contributed by atoms with Gasteiger partial charge in [0.05, 0.1) is 12.0 Å². The Morgan fingerprint density at radius 3 is 2.46 bits per heavy atom. The number of benzene rings is 1. The molecule has 154 valence electrons. The zero-order valence-corrected chi connectivity index (χ0v) is 18.0. The summed E-state index contributed by atoms with van der Waals surface area (Å²) < 4.78 is 5.51. The van der Waals surface area contributed by atoms with Crippen molar-refractivity contribution in [2.24, 2.45) is 5.92 Å². The Morgan fingerprint density at radius 2 is 1.82 bits per heavy atom. The number of rotatable bonds is 7. The zero-order chi connectivity index (χ0) is 19.9. The fourth-order valence-corrected chi connectivity index (χ4v) is 5.82. The van der Waals surface area contributed by atoms with E-state index in [4.69, 9.17) is 4.74 Å². The third-order valence-corrected chi connectivity index (χ3v) is 7.41. The number of nitrogens with zero attached hydrogens (tertiary/aromatic N) is 1. The summed E-state index contributed by atoms with van der Waals surface area (Å²) in [5.41, 5.74) is 1.89. The van der Waals surface area contributed by atoms with Gasteiger partial charge in [0.1, 0.15) is 6.04 Å². The summed E-state index contributed by atoms with van der Waals surface area (Å²) in [5.74, 6) is 0.856. The maximum absolute atomic E-state index is 13.4. The van der Waals surface area contributed by atoms with Gasteiger partial charge in [0, 0.05) is 11.3 Å². The molecule has 28 heavy (non-hydrogen) atoms. The van der Waals surface area contributed by atoms with Gasteiger partial charge >= 0.3 is 5.97 Å². The summed E-state index contributed by atoms with van der Waals surface area (Å²) in [7, 11) is 0. The molecule has 2 fully saturated rings. The maximum atomic E-state index is 13.4. The Labute approximate surface area is 173 Å². The van der Waals surface area contributed by atoms with Gasteiger partial charge in [-0.15, -0.1) is 11.8 Å². The van der Waals surface area contributed by atoms with E-state index in [1.54, 1.807) is 11.8 Å². The minimum Gasteiger partial charge on any atom is -0.464 e. The normalized spacial score (nSPS) is 23.0. The summed E-state index contributed by atoms with van der Waals surface area (Å²) in [4.78, 5) is 28.1. The van der Waals surface area contributed by atoms with Gasteiger partial charge in [-0.3, -0.25) is 4.79 Å². The highest BCUT2D eigenvalue weighted by Gasteiger charge is 2.45. The Morgan fingerprint density at radius 1 is 1.11 bits per heavy atom. The van der Waals surface area contributed by atoms with Crippen LogP contribution >= 0.6 is 11.8 Å². The van der Waals surface area contributed by atoms with E-state index < -0.39 is 6.04 Å². The first-order valence-corrected chi connectivity index (χ1v) is 11.9. The first kappa shape index (κ1) is 21.2. The van der Waals surface area contributed by atoms with Gasteiger partial charge in [-0.25, -0.2) is 4.79 Å². The molecule has 5 heteroatoms. The lowest BCUT2D eigenvalue weighted by Crippen LogP contribution is -2.48. The summed E-state index contributed by atoms with van der Waals surface area (Å²) in [6.45, 7) is 4.63. The van der Waals surface area contributed by atoms with E-state index in [0.29, 0.717) is 23.8 Å². The van der Waals surface area contributed by atoms with Gasteiger partial charge in [0.25, 0.3) is 5.91 Å². The second-order valence-corrected chi connectivity index (χ2v) is 9.07. The minimum absolute atomic E-state index is 0.0272. The molecule has 1 aromatic carbocycles. The van der Waals surface area contributed by atoms with Crippen LogP contribution in [-0.4, -0.2) is 40.6 Å². The number of hydrogen-bond donors (Lipinski definition) is 0. The van der Waals surface area contributed by atoms with Gasteiger partial charge in [-0.05, 0) is 49.3 Å². The molecular weight excluding hydrogens is 370 g/mol. The van der Waals surface area contributed by atoms with Gasteiger partial charge in [-0.2, -0.15) is 0 Å². The quantitative estimate of drug-likeness (QED) is 0.472. The van der Waals surface area contributed by atoms with Crippen molar-refractivity contribution in [2.75, 3.05) is 12.4 Å². The first-order chi connectivity index (χ1) is 13.7. The lowest BCUT2D eigenvalue weighted by molar-refractivity contribution is -0.148. The summed E-state index contributed by atoms with van der Waals surface area (Å²) in [6, 6.07) is 7.37. The number of ether oxygens (including phenoxy) is 1. The van der Waals surface area contributed by atoms with Gasteiger partial charge in [-0.1, -0.05) is 51.7 Å². The van der Waals surface area contributed by atoms with Crippen molar-refractivity contribution < 1.29 is 14.3 Å². The predicted octanol–water partition coefficient (Wildman–Crippen LogP) is 5.06. The molecule has 0 spiro atoms. The van der Waals surface area contributed by atoms with Crippen LogP contribution in [0.1, 0.15) is 74.7 Å². The van der Waals surface area contributed by atoms with E-state index in [-0.39, 0.29) is 17.3 Å². The third kappa shape index (κ3) is 4.91. The highest BCUT2D eigenvalue weighted by molar-refractivity contribution is 8.00. The van der Waals surface area contributed by atoms with Crippen molar-refractivity contribution >= 4 is 23.6 Å².